The van der Waals surface area contributed by atoms with Crippen molar-refractivity contribution in [1.29, 1.82) is 5.26 Å². The second kappa shape index (κ2) is 2.92. The third kappa shape index (κ3) is 1.80. The molecule has 12 heavy (non-hydrogen) atoms. The van der Waals surface area contributed by atoms with Crippen LogP contribution in [-0.2, 0) is 0 Å². The Kier molecular flexibility index (Phi) is 2.11. The fourth-order valence-corrected chi connectivity index (χ4v) is 0.849. The van der Waals surface area contributed by atoms with Gasteiger partial charge in [0.1, 0.15) is 6.07 Å². The summed E-state index contributed by atoms with van der Waals surface area (Å²) in [7, 11) is 6.11. The van der Waals surface area contributed by atoms with Crippen molar-refractivity contribution < 1.29 is 0 Å². The summed E-state index contributed by atoms with van der Waals surface area (Å²) in [6.07, 6.45) is 1.60. The van der Waals surface area contributed by atoms with Crippen molar-refractivity contribution in [3.63, 3.8) is 0 Å². The van der Waals surface area contributed by atoms with Gasteiger partial charge in [0.2, 0.25) is 5.82 Å². The molecule has 0 amide bonds. The topological polar surface area (TPSA) is 36.7 Å². The quantitative estimate of drug-likeness (QED) is 0.581. The minimum absolute atomic E-state index is 0.604. The zero-order valence-corrected chi connectivity index (χ0v) is 7.57. The standard InChI is InChI=1S/C9H12N3/c1-12(2,3)9-5-4-8(6-10)7-11-9/h4-5,7H,1-3H3/q+1. The average molecular weight is 162 g/mol. The molecular weight excluding hydrogens is 150 g/mol. The number of quaternary nitrogens is 1. The van der Waals surface area contributed by atoms with E-state index in [1.807, 2.05) is 33.3 Å². The molecule has 0 fully saturated rings. The van der Waals surface area contributed by atoms with Gasteiger partial charge < -0.3 is 0 Å². The molecule has 1 rings (SSSR count). The summed E-state index contributed by atoms with van der Waals surface area (Å²) in [6, 6.07) is 5.69. The van der Waals surface area contributed by atoms with Gasteiger partial charge in [-0.25, -0.2) is 4.98 Å². The van der Waals surface area contributed by atoms with Gasteiger partial charge >= 0.3 is 0 Å². The van der Waals surface area contributed by atoms with E-state index >= 15 is 0 Å². The molecule has 0 saturated heterocycles. The minimum atomic E-state index is 0.604. The summed E-state index contributed by atoms with van der Waals surface area (Å²) < 4.78 is 0.672. The van der Waals surface area contributed by atoms with E-state index in [9.17, 15) is 0 Å². The highest BCUT2D eigenvalue weighted by molar-refractivity contribution is 5.37. The highest BCUT2D eigenvalue weighted by atomic mass is 15.3. The summed E-state index contributed by atoms with van der Waals surface area (Å²) >= 11 is 0. The highest BCUT2D eigenvalue weighted by Crippen LogP contribution is 2.12. The van der Waals surface area contributed by atoms with Gasteiger partial charge in [-0.2, -0.15) is 5.26 Å². The van der Waals surface area contributed by atoms with Crippen LogP contribution in [0.3, 0.4) is 0 Å². The molecule has 0 aliphatic carbocycles. The molecule has 3 nitrogen and oxygen atoms in total. The van der Waals surface area contributed by atoms with Gasteiger partial charge in [0.25, 0.3) is 0 Å². The van der Waals surface area contributed by atoms with Crippen molar-refractivity contribution in [2.45, 2.75) is 0 Å². The molecular formula is C9H12N3+. The monoisotopic (exact) mass is 162 g/mol. The van der Waals surface area contributed by atoms with Crippen molar-refractivity contribution in [3.8, 4) is 6.07 Å². The lowest BCUT2D eigenvalue weighted by Gasteiger charge is -2.21. The first-order valence-corrected chi connectivity index (χ1v) is 3.72. The lowest BCUT2D eigenvalue weighted by atomic mass is 10.3. The fraction of sp³-hybridized carbons (Fsp3) is 0.333. The van der Waals surface area contributed by atoms with Crippen LogP contribution in [-0.4, -0.2) is 26.1 Å². The molecule has 0 bridgehead atoms. The first kappa shape index (κ1) is 8.69. The van der Waals surface area contributed by atoms with Gasteiger partial charge in [-0.05, 0) is 6.07 Å². The number of hydrogen-bond donors (Lipinski definition) is 0. The maximum absolute atomic E-state index is 8.54. The molecule has 0 atom stereocenters. The molecule has 0 aromatic carbocycles. The molecule has 3 heteroatoms. The van der Waals surface area contributed by atoms with Crippen molar-refractivity contribution in [3.05, 3.63) is 23.9 Å². The average Bonchev–Trinajstić information content (AvgIpc) is 2.03. The fourth-order valence-electron chi connectivity index (χ4n) is 0.849. The summed E-state index contributed by atoms with van der Waals surface area (Å²) in [5, 5.41) is 8.54. The Labute approximate surface area is 72.5 Å². The van der Waals surface area contributed by atoms with Gasteiger partial charge in [0.05, 0.1) is 32.9 Å². The molecule has 1 aromatic rings. The second-order valence-electron chi connectivity index (χ2n) is 3.53. The van der Waals surface area contributed by atoms with E-state index in [1.54, 1.807) is 12.3 Å². The largest absolute Gasteiger partial charge is 0.282 e. The smallest absolute Gasteiger partial charge is 0.226 e. The Morgan fingerprint density at radius 2 is 2.00 bits per heavy atom. The van der Waals surface area contributed by atoms with Crippen LogP contribution in [0.25, 0.3) is 0 Å². The SMILES string of the molecule is C[N+](C)(C)c1ccc(C#N)cn1. The van der Waals surface area contributed by atoms with Crippen molar-refractivity contribution in [2.24, 2.45) is 0 Å². The Balaban J connectivity index is 3.02. The molecule has 0 unspecified atom stereocenters. The van der Waals surface area contributed by atoms with Crippen LogP contribution >= 0.6 is 0 Å². The van der Waals surface area contributed by atoms with Crippen LogP contribution in [0.4, 0.5) is 5.82 Å². The summed E-state index contributed by atoms with van der Waals surface area (Å²) in [4.78, 5) is 4.17. The molecule has 62 valence electrons. The maximum atomic E-state index is 8.54. The van der Waals surface area contributed by atoms with E-state index in [4.69, 9.17) is 5.26 Å². The summed E-state index contributed by atoms with van der Waals surface area (Å²) in [6.45, 7) is 0. The van der Waals surface area contributed by atoms with E-state index in [0.717, 1.165) is 5.82 Å². The van der Waals surface area contributed by atoms with E-state index in [-0.39, 0.29) is 0 Å². The van der Waals surface area contributed by atoms with Gasteiger partial charge in [-0.3, -0.25) is 4.48 Å². The Morgan fingerprint density at radius 3 is 2.33 bits per heavy atom. The van der Waals surface area contributed by atoms with E-state index in [0.29, 0.717) is 10.0 Å². The number of nitriles is 1. The molecule has 0 radical (unpaired) electrons. The predicted molar refractivity (Wildman–Crippen MR) is 48.5 cm³/mol. The number of aromatic nitrogens is 1. The number of pyridine rings is 1. The predicted octanol–water partition coefficient (Wildman–Crippen LogP) is 1.15. The molecule has 1 heterocycles. The molecule has 0 spiro atoms. The van der Waals surface area contributed by atoms with Crippen LogP contribution in [0.2, 0.25) is 0 Å². The van der Waals surface area contributed by atoms with Crippen LogP contribution < -0.4 is 4.48 Å². The van der Waals surface area contributed by atoms with Gasteiger partial charge in [0.15, 0.2) is 0 Å². The molecule has 1 aromatic heterocycles. The molecule has 0 saturated carbocycles. The highest BCUT2D eigenvalue weighted by Gasteiger charge is 2.12. The third-order valence-electron chi connectivity index (χ3n) is 1.56. The minimum Gasteiger partial charge on any atom is -0.282 e. The second-order valence-corrected chi connectivity index (χ2v) is 3.53. The molecule has 0 aliphatic rings. The third-order valence-corrected chi connectivity index (χ3v) is 1.56. The number of rotatable bonds is 1. The summed E-state index contributed by atoms with van der Waals surface area (Å²) in [5.74, 6) is 0.953. The van der Waals surface area contributed by atoms with Gasteiger partial charge in [-0.15, -0.1) is 0 Å². The van der Waals surface area contributed by atoms with Crippen LogP contribution in [0.1, 0.15) is 5.56 Å². The first-order chi connectivity index (χ1) is 5.54. The normalized spacial score (nSPS) is 10.8. The van der Waals surface area contributed by atoms with Crippen LogP contribution in [0, 0.1) is 11.3 Å². The van der Waals surface area contributed by atoms with Crippen molar-refractivity contribution >= 4 is 5.82 Å². The van der Waals surface area contributed by atoms with Crippen LogP contribution in [0.15, 0.2) is 18.3 Å². The van der Waals surface area contributed by atoms with E-state index in [1.165, 1.54) is 0 Å². The zero-order valence-electron chi connectivity index (χ0n) is 7.57. The van der Waals surface area contributed by atoms with E-state index < -0.39 is 0 Å². The van der Waals surface area contributed by atoms with Crippen LogP contribution in [0.5, 0.6) is 0 Å². The maximum Gasteiger partial charge on any atom is 0.226 e. The Bertz CT molecular complexity index is 300. The lowest BCUT2D eigenvalue weighted by Crippen LogP contribution is -2.35. The van der Waals surface area contributed by atoms with E-state index in [2.05, 4.69) is 4.98 Å². The summed E-state index contributed by atoms with van der Waals surface area (Å²) in [5.41, 5.74) is 0.604. The number of hydrogen-bond acceptors (Lipinski definition) is 2. The van der Waals surface area contributed by atoms with Crippen molar-refractivity contribution in [2.75, 3.05) is 21.1 Å². The molecule has 0 N–H and O–H groups in total. The lowest BCUT2D eigenvalue weighted by molar-refractivity contribution is 0.473. The Morgan fingerprint density at radius 1 is 1.33 bits per heavy atom. The first-order valence-electron chi connectivity index (χ1n) is 3.72. The molecule has 0 aliphatic heterocycles. The van der Waals surface area contributed by atoms with Gasteiger partial charge in [0, 0.05) is 6.07 Å². The number of nitrogens with zero attached hydrogens (tertiary/aromatic N) is 3. The van der Waals surface area contributed by atoms with Gasteiger partial charge in [-0.1, -0.05) is 0 Å². The zero-order chi connectivity index (χ0) is 9.19. The Hall–Kier alpha value is -1.40. The van der Waals surface area contributed by atoms with Crippen molar-refractivity contribution in [1.82, 2.24) is 9.47 Å².